The van der Waals surface area contributed by atoms with Gasteiger partial charge in [-0.1, -0.05) is 36.5 Å². The van der Waals surface area contributed by atoms with Crippen LogP contribution in [0.15, 0.2) is 54.2 Å². The summed E-state index contributed by atoms with van der Waals surface area (Å²) in [4.78, 5) is 16.0. The van der Waals surface area contributed by atoms with Gasteiger partial charge in [-0.3, -0.25) is 9.80 Å². The van der Waals surface area contributed by atoms with E-state index in [1.54, 1.807) is 6.92 Å². The number of allylic oxidation sites excluding steroid dienone is 1. The second kappa shape index (κ2) is 5.23. The predicted octanol–water partition coefficient (Wildman–Crippen LogP) is 4.19. The van der Waals surface area contributed by atoms with E-state index in [0.29, 0.717) is 16.9 Å². The minimum atomic E-state index is -1.38. The molecule has 1 atom stereocenters. The highest BCUT2D eigenvalue weighted by Gasteiger charge is 2.59. The van der Waals surface area contributed by atoms with Crippen LogP contribution in [0.2, 0.25) is 0 Å². The number of amides is 2. The van der Waals surface area contributed by atoms with Gasteiger partial charge in [0.15, 0.2) is 0 Å². The van der Waals surface area contributed by atoms with Crippen LogP contribution < -0.4 is 4.90 Å². The van der Waals surface area contributed by atoms with Crippen molar-refractivity contribution >= 4 is 35.0 Å². The highest BCUT2D eigenvalue weighted by Crippen LogP contribution is 2.46. The average molecular weight is 349 g/mol. The predicted molar refractivity (Wildman–Crippen MR) is 96.1 cm³/mol. The molecule has 0 spiro atoms. The topological polar surface area (TPSA) is 47.3 Å². The quantitative estimate of drug-likeness (QED) is 0.725. The molecule has 2 aliphatic heterocycles. The van der Waals surface area contributed by atoms with Crippen LogP contribution >= 0.6 is 12.2 Å². The molecule has 0 aliphatic carbocycles. The average Bonchev–Trinajstić information content (AvgIpc) is 2.85. The normalized spacial score (nSPS) is 21.6. The number of benzene rings is 2. The molecule has 0 bridgehead atoms. The maximum absolute atomic E-state index is 13.3. The van der Waals surface area contributed by atoms with Crippen molar-refractivity contribution in [2.24, 2.45) is 0 Å². The first-order valence-electron chi connectivity index (χ1n) is 7.64. The molecule has 1 saturated heterocycles. The number of nitriles is 1. The first kappa shape index (κ1) is 15.5. The molecule has 0 N–H and O–H groups in total. The summed E-state index contributed by atoms with van der Waals surface area (Å²) in [7, 11) is 0. The summed E-state index contributed by atoms with van der Waals surface area (Å²) in [5, 5.41) is 10.1. The van der Waals surface area contributed by atoms with E-state index in [0.717, 1.165) is 5.56 Å². The standard InChI is InChI=1S/C19H12FN3OS/c1-12-10-13-4-2-3-5-16(13)19(11-21)17(25)22(18(24)23(12)19)15-8-6-14(20)7-9-15/h2-10H,1H3/t19-/m0/s1. The number of hydrogen-bond acceptors (Lipinski definition) is 3. The van der Waals surface area contributed by atoms with E-state index in [-0.39, 0.29) is 4.99 Å². The minimum absolute atomic E-state index is 0.173. The van der Waals surface area contributed by atoms with Gasteiger partial charge in [-0.25, -0.2) is 9.18 Å². The van der Waals surface area contributed by atoms with Gasteiger partial charge in [-0.2, -0.15) is 5.26 Å². The van der Waals surface area contributed by atoms with E-state index in [2.05, 4.69) is 6.07 Å². The van der Waals surface area contributed by atoms with Crippen molar-refractivity contribution in [3.8, 4) is 6.07 Å². The van der Waals surface area contributed by atoms with E-state index >= 15 is 0 Å². The highest BCUT2D eigenvalue weighted by molar-refractivity contribution is 7.81. The van der Waals surface area contributed by atoms with Crippen LogP contribution in [0.1, 0.15) is 18.1 Å². The van der Waals surface area contributed by atoms with E-state index in [4.69, 9.17) is 12.2 Å². The molecule has 2 amide bonds. The number of hydrogen-bond donors (Lipinski definition) is 0. The largest absolute Gasteiger partial charge is 0.335 e. The summed E-state index contributed by atoms with van der Waals surface area (Å²) in [5.74, 6) is -0.407. The third-order valence-electron chi connectivity index (χ3n) is 4.54. The molecule has 0 aromatic heterocycles. The molecule has 0 unspecified atom stereocenters. The Morgan fingerprint density at radius 3 is 2.52 bits per heavy atom. The minimum Gasteiger partial charge on any atom is -0.268 e. The monoisotopic (exact) mass is 349 g/mol. The Morgan fingerprint density at radius 2 is 1.84 bits per heavy atom. The molecule has 2 aliphatic rings. The number of carbonyl (C=O) groups is 1. The lowest BCUT2D eigenvalue weighted by molar-refractivity contribution is 0.212. The Bertz CT molecular complexity index is 992. The second-order valence-electron chi connectivity index (χ2n) is 5.93. The summed E-state index contributed by atoms with van der Waals surface area (Å²) in [6.07, 6.45) is 1.86. The summed E-state index contributed by atoms with van der Waals surface area (Å²) in [6.45, 7) is 1.77. The molecule has 1 fully saturated rings. The van der Waals surface area contributed by atoms with Gasteiger partial charge in [0.25, 0.3) is 0 Å². The van der Waals surface area contributed by atoms with Crippen molar-refractivity contribution < 1.29 is 9.18 Å². The smallest absolute Gasteiger partial charge is 0.268 e. The maximum Gasteiger partial charge on any atom is 0.335 e. The summed E-state index contributed by atoms with van der Waals surface area (Å²) >= 11 is 5.59. The number of halogens is 1. The Balaban J connectivity index is 1.96. The number of urea groups is 1. The van der Waals surface area contributed by atoms with Crippen LogP contribution in [-0.2, 0) is 5.54 Å². The van der Waals surface area contributed by atoms with E-state index in [1.165, 1.54) is 34.1 Å². The van der Waals surface area contributed by atoms with Gasteiger partial charge in [-0.15, -0.1) is 0 Å². The van der Waals surface area contributed by atoms with E-state index < -0.39 is 17.4 Å². The van der Waals surface area contributed by atoms with Crippen molar-refractivity contribution in [1.29, 1.82) is 5.26 Å². The molecule has 0 saturated carbocycles. The maximum atomic E-state index is 13.3. The van der Waals surface area contributed by atoms with Crippen LogP contribution in [-0.4, -0.2) is 15.9 Å². The molecule has 4 rings (SSSR count). The van der Waals surface area contributed by atoms with Gasteiger partial charge < -0.3 is 0 Å². The van der Waals surface area contributed by atoms with Crippen molar-refractivity contribution in [3.05, 3.63) is 71.2 Å². The molecule has 2 aromatic carbocycles. The van der Waals surface area contributed by atoms with Gasteiger partial charge in [0.05, 0.1) is 5.69 Å². The molecule has 25 heavy (non-hydrogen) atoms. The van der Waals surface area contributed by atoms with Crippen molar-refractivity contribution in [2.45, 2.75) is 12.5 Å². The van der Waals surface area contributed by atoms with Gasteiger partial charge >= 0.3 is 6.03 Å². The third kappa shape index (κ3) is 1.90. The van der Waals surface area contributed by atoms with Gasteiger partial charge in [0, 0.05) is 11.3 Å². The lowest BCUT2D eigenvalue weighted by Crippen LogP contribution is -2.46. The first-order valence-corrected chi connectivity index (χ1v) is 8.05. The van der Waals surface area contributed by atoms with Crippen molar-refractivity contribution in [1.82, 2.24) is 4.90 Å². The van der Waals surface area contributed by atoms with E-state index in [9.17, 15) is 14.4 Å². The number of anilines is 1. The van der Waals surface area contributed by atoms with Gasteiger partial charge in [0.2, 0.25) is 5.54 Å². The third-order valence-corrected chi connectivity index (χ3v) is 5.02. The fourth-order valence-electron chi connectivity index (χ4n) is 3.46. The molecular weight excluding hydrogens is 337 g/mol. The molecule has 122 valence electrons. The molecule has 2 aromatic rings. The SMILES string of the molecule is CC1=Cc2ccccc2[C@@]2(C#N)C(=S)N(c3ccc(F)cc3)C(=O)N12. The number of rotatable bonds is 1. The van der Waals surface area contributed by atoms with Crippen LogP contribution in [0.5, 0.6) is 0 Å². The van der Waals surface area contributed by atoms with Crippen molar-refractivity contribution in [3.63, 3.8) is 0 Å². The molecular formula is C19H12FN3OS. The first-order chi connectivity index (χ1) is 12.0. The summed E-state index contributed by atoms with van der Waals surface area (Å²) < 4.78 is 13.3. The fraction of sp³-hybridized carbons (Fsp3) is 0.105. The molecule has 4 nitrogen and oxygen atoms in total. The Kier molecular flexibility index (Phi) is 3.24. The fourth-order valence-corrected chi connectivity index (χ4v) is 3.89. The zero-order chi connectivity index (χ0) is 17.8. The van der Waals surface area contributed by atoms with E-state index in [1.807, 2.05) is 30.3 Å². The number of fused-ring (bicyclic) bond motifs is 3. The lowest BCUT2D eigenvalue weighted by Gasteiger charge is -2.35. The second-order valence-corrected chi connectivity index (χ2v) is 6.32. The Morgan fingerprint density at radius 1 is 1.16 bits per heavy atom. The van der Waals surface area contributed by atoms with Crippen molar-refractivity contribution in [2.75, 3.05) is 4.90 Å². The number of carbonyl (C=O) groups excluding carboxylic acids is 1. The molecule has 0 radical (unpaired) electrons. The Hall–Kier alpha value is -3.04. The number of thiocarbonyl (C=S) groups is 1. The highest BCUT2D eigenvalue weighted by atomic mass is 32.1. The van der Waals surface area contributed by atoms with Gasteiger partial charge in [0.1, 0.15) is 16.9 Å². The Labute approximate surface area is 149 Å². The van der Waals surface area contributed by atoms with Crippen LogP contribution in [0.25, 0.3) is 6.08 Å². The summed E-state index contributed by atoms with van der Waals surface area (Å²) in [5.41, 5.74) is 1.22. The lowest BCUT2D eigenvalue weighted by atomic mass is 9.83. The van der Waals surface area contributed by atoms with Crippen LogP contribution in [0.4, 0.5) is 14.9 Å². The summed E-state index contributed by atoms with van der Waals surface area (Å²) in [6, 6.07) is 14.7. The van der Waals surface area contributed by atoms with Crippen LogP contribution in [0.3, 0.4) is 0 Å². The zero-order valence-electron chi connectivity index (χ0n) is 13.2. The van der Waals surface area contributed by atoms with Gasteiger partial charge in [-0.05, 0) is 42.8 Å². The molecule has 6 heteroatoms. The molecule has 2 heterocycles. The van der Waals surface area contributed by atoms with Crippen LogP contribution in [0, 0.1) is 17.1 Å². The number of nitrogens with zero attached hydrogens (tertiary/aromatic N) is 3. The zero-order valence-corrected chi connectivity index (χ0v) is 14.0.